The second kappa shape index (κ2) is 5.26. The van der Waals surface area contributed by atoms with Crippen molar-refractivity contribution in [3.63, 3.8) is 0 Å². The molecule has 1 aromatic heterocycles. The molecule has 0 unspecified atom stereocenters. The first-order valence-electron chi connectivity index (χ1n) is 6.36. The second-order valence-corrected chi connectivity index (χ2v) is 4.72. The van der Waals surface area contributed by atoms with Crippen molar-refractivity contribution in [1.29, 1.82) is 0 Å². The highest BCUT2D eigenvalue weighted by Crippen LogP contribution is 2.18. The van der Waals surface area contributed by atoms with Crippen LogP contribution in [0.4, 0.5) is 0 Å². The Kier molecular flexibility index (Phi) is 3.69. The Morgan fingerprint density at radius 3 is 2.79 bits per heavy atom. The van der Waals surface area contributed by atoms with E-state index in [1.165, 1.54) is 6.07 Å². The first kappa shape index (κ1) is 13.3. The molecule has 0 aliphatic rings. The Balaban J connectivity index is 2.55. The van der Waals surface area contributed by atoms with Crippen LogP contribution in [0.25, 0.3) is 10.9 Å². The van der Waals surface area contributed by atoms with Gasteiger partial charge in [0.2, 0.25) is 5.56 Å². The number of pyridine rings is 1. The lowest BCUT2D eigenvalue weighted by molar-refractivity contribution is 0.0336. The van der Waals surface area contributed by atoms with Crippen LogP contribution in [-0.2, 0) is 4.74 Å². The minimum atomic E-state index is -0.448. The zero-order valence-electron chi connectivity index (χ0n) is 11.3. The van der Waals surface area contributed by atoms with Gasteiger partial charge in [-0.15, -0.1) is 0 Å². The fraction of sp³-hybridized carbons (Fsp3) is 0.333. The third-order valence-corrected chi connectivity index (χ3v) is 3.10. The average molecular weight is 259 g/mol. The topological polar surface area (TPSA) is 59.2 Å². The van der Waals surface area contributed by atoms with E-state index < -0.39 is 5.97 Å². The van der Waals surface area contributed by atoms with E-state index in [1.807, 2.05) is 32.9 Å². The van der Waals surface area contributed by atoms with Crippen molar-refractivity contribution in [3.05, 3.63) is 45.7 Å². The molecule has 1 atom stereocenters. The Bertz CT molecular complexity index is 673. The van der Waals surface area contributed by atoms with E-state index in [0.29, 0.717) is 16.5 Å². The molecule has 0 spiro atoms. The molecule has 0 aliphatic carbocycles. The number of rotatable bonds is 3. The molecule has 0 saturated carbocycles. The predicted octanol–water partition coefficient (Wildman–Crippen LogP) is 2.79. The highest BCUT2D eigenvalue weighted by molar-refractivity contribution is 6.03. The van der Waals surface area contributed by atoms with Gasteiger partial charge in [0.1, 0.15) is 0 Å². The molecule has 0 radical (unpaired) electrons. The molecule has 0 amide bonds. The number of carbonyl (C=O) groups is 1. The van der Waals surface area contributed by atoms with Crippen LogP contribution >= 0.6 is 0 Å². The largest absolute Gasteiger partial charge is 0.459 e. The molecule has 0 saturated heterocycles. The van der Waals surface area contributed by atoms with Gasteiger partial charge in [-0.1, -0.05) is 18.6 Å². The van der Waals surface area contributed by atoms with Crippen LogP contribution in [-0.4, -0.2) is 17.1 Å². The molecule has 1 aromatic carbocycles. The van der Waals surface area contributed by atoms with Crippen LogP contribution in [0.2, 0.25) is 0 Å². The number of fused-ring (bicyclic) bond motifs is 1. The number of aromatic nitrogens is 1. The van der Waals surface area contributed by atoms with E-state index in [1.54, 1.807) is 6.07 Å². The van der Waals surface area contributed by atoms with Crippen LogP contribution in [0.1, 0.15) is 36.2 Å². The van der Waals surface area contributed by atoms with Gasteiger partial charge >= 0.3 is 5.97 Å². The minimum absolute atomic E-state index is 0.161. The number of hydrogen-bond donors (Lipinski definition) is 1. The smallest absolute Gasteiger partial charge is 0.339 e. The molecule has 2 aromatic rings. The number of H-pyrrole nitrogens is 1. The Labute approximate surface area is 111 Å². The third kappa shape index (κ3) is 2.84. The summed E-state index contributed by atoms with van der Waals surface area (Å²) in [6, 6.07) is 6.86. The van der Waals surface area contributed by atoms with Crippen molar-refractivity contribution in [2.24, 2.45) is 0 Å². The fourth-order valence-corrected chi connectivity index (χ4v) is 1.87. The molecule has 0 aliphatic heterocycles. The average Bonchev–Trinajstić information content (AvgIpc) is 2.38. The summed E-state index contributed by atoms with van der Waals surface area (Å²) in [5, 5.41) is 0.716. The maximum atomic E-state index is 12.1. The number of benzene rings is 1. The molecule has 19 heavy (non-hydrogen) atoms. The van der Waals surface area contributed by atoms with Gasteiger partial charge in [0.15, 0.2) is 0 Å². The summed E-state index contributed by atoms with van der Waals surface area (Å²) in [7, 11) is 0. The van der Waals surface area contributed by atoms with Gasteiger partial charge in [-0.05, 0) is 32.4 Å². The summed E-state index contributed by atoms with van der Waals surface area (Å²) in [5.41, 5.74) is 1.70. The van der Waals surface area contributed by atoms with Crippen LogP contribution in [0.15, 0.2) is 29.1 Å². The second-order valence-electron chi connectivity index (χ2n) is 4.72. The fourth-order valence-electron chi connectivity index (χ4n) is 1.87. The third-order valence-electron chi connectivity index (χ3n) is 3.10. The van der Waals surface area contributed by atoms with Crippen molar-refractivity contribution in [2.75, 3.05) is 0 Å². The highest BCUT2D eigenvalue weighted by atomic mass is 16.5. The Morgan fingerprint density at radius 1 is 1.37 bits per heavy atom. The first-order chi connectivity index (χ1) is 9.01. The predicted molar refractivity (Wildman–Crippen MR) is 74.5 cm³/mol. The van der Waals surface area contributed by atoms with Gasteiger partial charge in [0, 0.05) is 17.0 Å². The van der Waals surface area contributed by atoms with Crippen molar-refractivity contribution < 1.29 is 9.53 Å². The van der Waals surface area contributed by atoms with Gasteiger partial charge in [0.25, 0.3) is 0 Å². The molecular formula is C15H17NO3. The van der Waals surface area contributed by atoms with E-state index >= 15 is 0 Å². The lowest BCUT2D eigenvalue weighted by Gasteiger charge is -2.12. The maximum Gasteiger partial charge on any atom is 0.339 e. The van der Waals surface area contributed by atoms with E-state index in [4.69, 9.17) is 4.74 Å². The van der Waals surface area contributed by atoms with E-state index in [2.05, 4.69) is 4.98 Å². The summed E-state index contributed by atoms with van der Waals surface area (Å²) in [6.45, 7) is 5.71. The Hall–Kier alpha value is -2.10. The quantitative estimate of drug-likeness (QED) is 0.862. The zero-order valence-corrected chi connectivity index (χ0v) is 11.3. The molecule has 1 heterocycles. The highest BCUT2D eigenvalue weighted by Gasteiger charge is 2.15. The van der Waals surface area contributed by atoms with Crippen molar-refractivity contribution in [3.8, 4) is 0 Å². The lowest BCUT2D eigenvalue weighted by Crippen LogP contribution is -2.17. The number of aryl methyl sites for hydroxylation is 1. The summed E-state index contributed by atoms with van der Waals surface area (Å²) >= 11 is 0. The number of ether oxygens (including phenoxy) is 1. The molecule has 0 bridgehead atoms. The van der Waals surface area contributed by atoms with E-state index in [9.17, 15) is 9.59 Å². The number of hydrogen-bond acceptors (Lipinski definition) is 3. The van der Waals surface area contributed by atoms with Crippen LogP contribution in [0.5, 0.6) is 0 Å². The first-order valence-corrected chi connectivity index (χ1v) is 6.36. The lowest BCUT2D eigenvalue weighted by atomic mass is 10.1. The molecule has 0 fully saturated rings. The van der Waals surface area contributed by atoms with E-state index in [-0.39, 0.29) is 11.7 Å². The van der Waals surface area contributed by atoms with Gasteiger partial charge < -0.3 is 9.72 Å². The normalized spacial score (nSPS) is 12.4. The van der Waals surface area contributed by atoms with Crippen LogP contribution < -0.4 is 5.56 Å². The molecule has 4 heteroatoms. The van der Waals surface area contributed by atoms with Crippen molar-refractivity contribution in [1.82, 2.24) is 4.98 Å². The molecule has 2 rings (SSSR count). The maximum absolute atomic E-state index is 12.1. The monoisotopic (exact) mass is 259 g/mol. The van der Waals surface area contributed by atoms with Gasteiger partial charge in [-0.25, -0.2) is 4.79 Å². The van der Waals surface area contributed by atoms with Crippen molar-refractivity contribution >= 4 is 16.9 Å². The van der Waals surface area contributed by atoms with Crippen LogP contribution in [0.3, 0.4) is 0 Å². The zero-order chi connectivity index (χ0) is 14.0. The summed E-state index contributed by atoms with van der Waals surface area (Å²) in [4.78, 5) is 26.4. The number of esters is 1. The standard InChI is InChI=1S/C15H17NO3/c1-4-10(3)19-15(18)12-8-14(17)16-13-6-5-9(2)7-11(12)13/h5-8,10H,4H2,1-3H3,(H,16,17)/t10-/m1/s1. The summed E-state index contributed by atoms with van der Waals surface area (Å²) in [5.74, 6) is -0.448. The van der Waals surface area contributed by atoms with Gasteiger partial charge in [-0.2, -0.15) is 0 Å². The molecule has 4 nitrogen and oxygen atoms in total. The minimum Gasteiger partial charge on any atom is -0.459 e. The SMILES string of the molecule is CC[C@@H](C)OC(=O)c1cc(=O)[nH]c2ccc(C)cc12. The number of aromatic amines is 1. The summed E-state index contributed by atoms with van der Waals surface area (Å²) in [6.07, 6.45) is 0.581. The number of nitrogens with one attached hydrogen (secondary N) is 1. The van der Waals surface area contributed by atoms with Gasteiger partial charge in [-0.3, -0.25) is 4.79 Å². The summed E-state index contributed by atoms with van der Waals surface area (Å²) < 4.78 is 5.30. The molecule has 100 valence electrons. The van der Waals surface area contributed by atoms with E-state index in [0.717, 1.165) is 12.0 Å². The van der Waals surface area contributed by atoms with Gasteiger partial charge in [0.05, 0.1) is 11.7 Å². The molecule has 1 N–H and O–H groups in total. The Morgan fingerprint density at radius 2 is 2.11 bits per heavy atom. The number of carbonyl (C=O) groups excluding carboxylic acids is 1. The van der Waals surface area contributed by atoms with Crippen LogP contribution in [0, 0.1) is 6.92 Å². The van der Waals surface area contributed by atoms with Crippen molar-refractivity contribution in [2.45, 2.75) is 33.3 Å². The molecular weight excluding hydrogens is 242 g/mol.